The van der Waals surface area contributed by atoms with Crippen molar-refractivity contribution in [3.63, 3.8) is 0 Å². The molecule has 5 nitrogen and oxygen atoms in total. The largest absolute Gasteiger partial charge is 0.377 e. The minimum absolute atomic E-state index is 0.124. The number of rotatable bonds is 10. The van der Waals surface area contributed by atoms with Crippen LogP contribution in [-0.2, 0) is 9.47 Å². The molecule has 0 saturated carbocycles. The Morgan fingerprint density at radius 2 is 1.88 bits per heavy atom. The molecule has 1 aliphatic rings. The van der Waals surface area contributed by atoms with Crippen molar-refractivity contribution >= 4 is 17.6 Å². The first-order valence-electron chi connectivity index (χ1n) is 8.82. The first-order chi connectivity index (χ1) is 12.9. The van der Waals surface area contributed by atoms with E-state index in [2.05, 4.69) is 46.0 Å². The number of nitrogens with one attached hydrogen (secondary N) is 2. The molecule has 0 aliphatic carbocycles. The van der Waals surface area contributed by atoms with E-state index in [0.717, 1.165) is 17.1 Å². The van der Waals surface area contributed by atoms with Gasteiger partial charge in [-0.15, -0.1) is 0 Å². The molecule has 2 N–H and O–H groups in total. The van der Waals surface area contributed by atoms with Crippen LogP contribution < -0.4 is 10.6 Å². The van der Waals surface area contributed by atoms with Crippen LogP contribution in [0.3, 0.4) is 0 Å². The fourth-order valence-electron chi connectivity index (χ4n) is 2.71. The maximum absolute atomic E-state index is 11.8. The van der Waals surface area contributed by atoms with E-state index in [9.17, 15) is 4.39 Å². The van der Waals surface area contributed by atoms with Gasteiger partial charge >= 0.3 is 0 Å². The zero-order valence-electron chi connectivity index (χ0n) is 14.7. The van der Waals surface area contributed by atoms with Crippen LogP contribution in [-0.4, -0.2) is 44.6 Å². The normalized spacial score (nSPS) is 15.3. The van der Waals surface area contributed by atoms with Crippen molar-refractivity contribution in [2.75, 3.05) is 50.3 Å². The summed E-state index contributed by atoms with van der Waals surface area (Å²) < 4.78 is 22.2. The third-order valence-electron chi connectivity index (χ3n) is 4.03. The summed E-state index contributed by atoms with van der Waals surface area (Å²) in [6.07, 6.45) is 6.16. The summed E-state index contributed by atoms with van der Waals surface area (Å²) in [7, 11) is 0. The van der Waals surface area contributed by atoms with Crippen LogP contribution in [0.4, 0.5) is 15.9 Å². The van der Waals surface area contributed by atoms with E-state index in [1.165, 1.54) is 5.56 Å². The summed E-state index contributed by atoms with van der Waals surface area (Å²) in [5.41, 5.74) is 3.45. The van der Waals surface area contributed by atoms with Gasteiger partial charge in [0, 0.05) is 18.4 Å². The highest BCUT2D eigenvalue weighted by Gasteiger charge is 2.14. The number of nitrogens with zero attached hydrogens (tertiary/aromatic N) is 1. The van der Waals surface area contributed by atoms with Crippen LogP contribution in [0.1, 0.15) is 17.2 Å². The van der Waals surface area contributed by atoms with Gasteiger partial charge in [0.15, 0.2) is 0 Å². The number of hydrogen-bond donors (Lipinski definition) is 2. The Labute approximate surface area is 153 Å². The van der Waals surface area contributed by atoms with Gasteiger partial charge in [-0.25, -0.2) is 9.37 Å². The second-order valence-corrected chi connectivity index (χ2v) is 5.89. The monoisotopic (exact) mass is 357 g/mol. The number of alkyl halides is 1. The third-order valence-corrected chi connectivity index (χ3v) is 4.03. The fourth-order valence-corrected chi connectivity index (χ4v) is 2.71. The Balaban J connectivity index is 1.40. The van der Waals surface area contributed by atoms with Crippen molar-refractivity contribution in [2.45, 2.75) is 6.04 Å². The molecule has 3 rings (SSSR count). The summed E-state index contributed by atoms with van der Waals surface area (Å²) in [6, 6.07) is 12.4. The Kier molecular flexibility index (Phi) is 6.98. The van der Waals surface area contributed by atoms with Crippen LogP contribution in [0.25, 0.3) is 6.08 Å². The summed E-state index contributed by atoms with van der Waals surface area (Å²) in [5, 5.41) is 6.73. The molecule has 1 aromatic heterocycles. The summed E-state index contributed by atoms with van der Waals surface area (Å²) in [4.78, 5) is 4.46. The topological polar surface area (TPSA) is 55.4 Å². The zero-order chi connectivity index (χ0) is 18.0. The summed E-state index contributed by atoms with van der Waals surface area (Å²) in [6.45, 7) is 1.77. The van der Waals surface area contributed by atoms with Crippen molar-refractivity contribution in [1.82, 2.24) is 4.98 Å². The summed E-state index contributed by atoms with van der Waals surface area (Å²) in [5.74, 6) is 0.811. The van der Waals surface area contributed by atoms with Gasteiger partial charge in [0.1, 0.15) is 12.5 Å². The zero-order valence-corrected chi connectivity index (χ0v) is 14.7. The lowest BCUT2D eigenvalue weighted by molar-refractivity contribution is 0.0463. The first kappa shape index (κ1) is 18.4. The molecular formula is C20H24FN3O2. The van der Waals surface area contributed by atoms with Crippen LogP contribution in [0.15, 0.2) is 48.7 Å². The van der Waals surface area contributed by atoms with Crippen molar-refractivity contribution in [2.24, 2.45) is 0 Å². The van der Waals surface area contributed by atoms with Gasteiger partial charge in [0.05, 0.1) is 32.5 Å². The van der Waals surface area contributed by atoms with E-state index in [0.29, 0.717) is 26.4 Å². The molecule has 1 aromatic carbocycles. The lowest BCUT2D eigenvalue weighted by Crippen LogP contribution is -2.14. The molecule has 26 heavy (non-hydrogen) atoms. The van der Waals surface area contributed by atoms with Crippen LogP contribution in [0.5, 0.6) is 0 Å². The maximum Gasteiger partial charge on any atom is 0.125 e. The minimum Gasteiger partial charge on any atom is -0.377 e. The van der Waals surface area contributed by atoms with Gasteiger partial charge in [-0.2, -0.15) is 0 Å². The van der Waals surface area contributed by atoms with E-state index in [1.807, 2.05) is 24.4 Å². The van der Waals surface area contributed by atoms with Crippen LogP contribution >= 0.6 is 0 Å². The number of fused-ring (bicyclic) bond motifs is 1. The molecule has 1 aliphatic heterocycles. The van der Waals surface area contributed by atoms with Crippen molar-refractivity contribution in [1.29, 1.82) is 0 Å². The standard InChI is InChI=1S/C20H24FN3O2/c21-9-11-25-13-14-26-12-10-22-20-8-6-17(15-23-20)19-7-5-16-3-1-2-4-18(16)24-19/h1-8,15,19,24H,9-14H2,(H,22,23). The van der Waals surface area contributed by atoms with E-state index in [4.69, 9.17) is 9.47 Å². The molecule has 1 atom stereocenters. The second-order valence-electron chi connectivity index (χ2n) is 5.89. The van der Waals surface area contributed by atoms with Crippen molar-refractivity contribution < 1.29 is 13.9 Å². The van der Waals surface area contributed by atoms with Crippen molar-refractivity contribution in [3.8, 4) is 0 Å². The highest BCUT2D eigenvalue weighted by atomic mass is 19.1. The Morgan fingerprint density at radius 3 is 2.69 bits per heavy atom. The molecule has 2 heterocycles. The van der Waals surface area contributed by atoms with Gasteiger partial charge in [-0.3, -0.25) is 0 Å². The number of anilines is 2. The predicted molar refractivity (Wildman–Crippen MR) is 102 cm³/mol. The average molecular weight is 357 g/mol. The Hall–Kier alpha value is -2.44. The molecule has 0 spiro atoms. The fraction of sp³-hybridized carbons (Fsp3) is 0.350. The number of hydrogen-bond acceptors (Lipinski definition) is 5. The third kappa shape index (κ3) is 5.28. The SMILES string of the molecule is FCCOCCOCCNc1ccc(C2C=Cc3ccccc3N2)cn1. The van der Waals surface area contributed by atoms with Gasteiger partial charge in [0.2, 0.25) is 0 Å². The molecule has 2 aromatic rings. The lowest BCUT2D eigenvalue weighted by Gasteiger charge is -2.22. The molecule has 138 valence electrons. The first-order valence-corrected chi connectivity index (χ1v) is 8.82. The molecule has 0 bridgehead atoms. The Bertz CT molecular complexity index is 706. The molecule has 1 unspecified atom stereocenters. The molecule has 6 heteroatoms. The summed E-state index contributed by atoms with van der Waals surface area (Å²) >= 11 is 0. The smallest absolute Gasteiger partial charge is 0.125 e. The van der Waals surface area contributed by atoms with E-state index in [1.54, 1.807) is 0 Å². The molecule has 0 fully saturated rings. The minimum atomic E-state index is -0.456. The molecule has 0 saturated heterocycles. The lowest BCUT2D eigenvalue weighted by atomic mass is 10.0. The highest BCUT2D eigenvalue weighted by Crippen LogP contribution is 2.29. The predicted octanol–water partition coefficient (Wildman–Crippen LogP) is 3.68. The number of aromatic nitrogens is 1. The quantitative estimate of drug-likeness (QED) is 0.636. The average Bonchev–Trinajstić information content (AvgIpc) is 2.70. The molecule has 0 radical (unpaired) electrons. The van der Waals surface area contributed by atoms with Crippen molar-refractivity contribution in [3.05, 3.63) is 59.8 Å². The second kappa shape index (κ2) is 9.89. The van der Waals surface area contributed by atoms with Crippen LogP contribution in [0.2, 0.25) is 0 Å². The maximum atomic E-state index is 11.8. The van der Waals surface area contributed by atoms with E-state index in [-0.39, 0.29) is 12.6 Å². The number of para-hydroxylation sites is 1. The number of ether oxygens (including phenoxy) is 2. The number of pyridine rings is 1. The van der Waals surface area contributed by atoms with Gasteiger partial charge in [0.25, 0.3) is 0 Å². The number of benzene rings is 1. The van der Waals surface area contributed by atoms with Gasteiger partial charge in [-0.05, 0) is 23.3 Å². The van der Waals surface area contributed by atoms with Gasteiger partial charge in [-0.1, -0.05) is 36.4 Å². The number of halogens is 1. The molecule has 0 amide bonds. The van der Waals surface area contributed by atoms with Crippen LogP contribution in [0, 0.1) is 0 Å². The molecular weight excluding hydrogens is 333 g/mol. The van der Waals surface area contributed by atoms with E-state index >= 15 is 0 Å². The van der Waals surface area contributed by atoms with Gasteiger partial charge < -0.3 is 20.1 Å². The highest BCUT2D eigenvalue weighted by molar-refractivity contribution is 5.71. The Morgan fingerprint density at radius 1 is 1.04 bits per heavy atom. The van der Waals surface area contributed by atoms with E-state index < -0.39 is 6.67 Å².